The smallest absolute Gasteiger partial charge is 0.0862 e. The number of hydrogen-bond donors (Lipinski definition) is 3. The highest BCUT2D eigenvalue weighted by Crippen LogP contribution is 2.37. The van der Waals surface area contributed by atoms with Crippen LogP contribution < -0.4 is 21.8 Å². The molecule has 0 aliphatic carbocycles. The molecule has 0 spiro atoms. The fraction of sp³-hybridized carbons (Fsp3) is 0.125. The molecule has 2 heterocycles. The van der Waals surface area contributed by atoms with Gasteiger partial charge in [0.1, 0.15) is 0 Å². The van der Waals surface area contributed by atoms with Crippen LogP contribution in [0.2, 0.25) is 0 Å². The summed E-state index contributed by atoms with van der Waals surface area (Å²) in [5.41, 5.74) is 13.1. The van der Waals surface area contributed by atoms with Gasteiger partial charge in [0.25, 0.3) is 0 Å². The Morgan fingerprint density at radius 3 is 2.57 bits per heavy atom. The van der Waals surface area contributed by atoms with Crippen molar-refractivity contribution >= 4 is 17.1 Å². The van der Waals surface area contributed by atoms with Crippen LogP contribution in [0.4, 0.5) is 5.69 Å². The Morgan fingerprint density at radius 2 is 1.71 bits per heavy atom. The Bertz CT molecular complexity index is 737. The van der Waals surface area contributed by atoms with Gasteiger partial charge in [-0.25, -0.2) is 5.84 Å². The largest absolute Gasteiger partial charge is 0.306 e. The molecular weight excluding hydrogens is 262 g/mol. The third-order valence-corrected chi connectivity index (χ3v) is 4.02. The Kier molecular flexibility index (Phi) is 2.63. The van der Waals surface area contributed by atoms with Crippen LogP contribution in [0.3, 0.4) is 0 Å². The van der Waals surface area contributed by atoms with E-state index in [2.05, 4.69) is 41.3 Å². The zero-order valence-electron chi connectivity index (χ0n) is 11.8. The quantitative estimate of drug-likeness (QED) is 0.640. The van der Waals surface area contributed by atoms with Crippen molar-refractivity contribution in [3.63, 3.8) is 0 Å². The summed E-state index contributed by atoms with van der Waals surface area (Å²) >= 11 is 0. The van der Waals surface area contributed by atoms with E-state index in [1.165, 1.54) is 11.1 Å². The number of hydrazine groups is 3. The second-order valence-corrected chi connectivity index (χ2v) is 5.32. The van der Waals surface area contributed by atoms with Crippen LogP contribution >= 0.6 is 0 Å². The van der Waals surface area contributed by atoms with Gasteiger partial charge in [-0.1, -0.05) is 42.5 Å². The predicted octanol–water partition coefficient (Wildman–Crippen LogP) is 1.66. The van der Waals surface area contributed by atoms with Gasteiger partial charge >= 0.3 is 0 Å². The standard InChI is InChI=1S/C16H17N5/c1-20-16-12-7-3-2-6-11(12)10-21(17)14-9-5-4-8-13(14)15(16)18-19-20/h2-9,18-19H,10,17H2,1H3. The average Bonchev–Trinajstić information content (AvgIpc) is 2.88. The molecule has 0 aromatic heterocycles. The van der Waals surface area contributed by atoms with Crippen molar-refractivity contribution in [2.24, 2.45) is 5.84 Å². The van der Waals surface area contributed by atoms with Gasteiger partial charge in [-0.15, -0.1) is 5.53 Å². The molecular formula is C16H17N5. The number of para-hydroxylation sites is 1. The summed E-state index contributed by atoms with van der Waals surface area (Å²) in [5.74, 6) is 6.30. The van der Waals surface area contributed by atoms with Crippen LogP contribution in [0.5, 0.6) is 0 Å². The maximum atomic E-state index is 6.30. The summed E-state index contributed by atoms with van der Waals surface area (Å²) in [7, 11) is 2.01. The number of nitrogens with zero attached hydrogens (tertiary/aromatic N) is 2. The molecule has 0 unspecified atom stereocenters. The van der Waals surface area contributed by atoms with E-state index in [1.807, 2.05) is 30.3 Å². The van der Waals surface area contributed by atoms with E-state index in [9.17, 15) is 0 Å². The maximum absolute atomic E-state index is 6.30. The number of nitrogens with two attached hydrogens (primary N) is 1. The summed E-state index contributed by atoms with van der Waals surface area (Å²) in [6.07, 6.45) is 0. The lowest BCUT2D eigenvalue weighted by Crippen LogP contribution is -2.34. The summed E-state index contributed by atoms with van der Waals surface area (Å²) in [5, 5.41) is 3.81. The molecule has 5 nitrogen and oxygen atoms in total. The molecule has 0 radical (unpaired) electrons. The van der Waals surface area contributed by atoms with Gasteiger partial charge in [0.15, 0.2) is 0 Å². The SMILES string of the molecule is CN1NNC2=C1c1ccccc1CN(N)c1ccccc12. The van der Waals surface area contributed by atoms with Crippen molar-refractivity contribution in [3.05, 3.63) is 65.2 Å². The summed E-state index contributed by atoms with van der Waals surface area (Å²) in [4.78, 5) is 0. The molecule has 2 aliphatic heterocycles. The Labute approximate surface area is 123 Å². The fourth-order valence-electron chi connectivity index (χ4n) is 3.03. The molecule has 21 heavy (non-hydrogen) atoms. The van der Waals surface area contributed by atoms with Crippen LogP contribution in [-0.4, -0.2) is 12.1 Å². The van der Waals surface area contributed by atoms with Crippen LogP contribution in [0.15, 0.2) is 48.5 Å². The lowest BCUT2D eigenvalue weighted by atomic mass is 9.97. The van der Waals surface area contributed by atoms with Gasteiger partial charge in [0.05, 0.1) is 23.6 Å². The molecule has 106 valence electrons. The van der Waals surface area contributed by atoms with E-state index < -0.39 is 0 Å². The van der Waals surface area contributed by atoms with Gasteiger partial charge in [-0.05, 0) is 11.6 Å². The number of anilines is 1. The van der Waals surface area contributed by atoms with E-state index in [1.54, 1.807) is 5.01 Å². The zero-order chi connectivity index (χ0) is 14.4. The third kappa shape index (κ3) is 1.79. The van der Waals surface area contributed by atoms with E-state index in [-0.39, 0.29) is 0 Å². The minimum absolute atomic E-state index is 0.678. The molecule has 0 fully saturated rings. The predicted molar refractivity (Wildman–Crippen MR) is 84.1 cm³/mol. The molecule has 0 saturated carbocycles. The number of benzene rings is 2. The third-order valence-electron chi connectivity index (χ3n) is 4.02. The Hall–Kier alpha value is -2.50. The Morgan fingerprint density at radius 1 is 1.00 bits per heavy atom. The number of fused-ring (bicyclic) bond motifs is 4. The van der Waals surface area contributed by atoms with Crippen molar-refractivity contribution in [1.29, 1.82) is 0 Å². The van der Waals surface area contributed by atoms with Crippen molar-refractivity contribution in [2.45, 2.75) is 6.54 Å². The summed E-state index contributed by atoms with van der Waals surface area (Å²) in [6.45, 7) is 0.678. The molecule has 4 N–H and O–H groups in total. The van der Waals surface area contributed by atoms with Gasteiger partial charge in [0.2, 0.25) is 0 Å². The van der Waals surface area contributed by atoms with E-state index in [4.69, 9.17) is 5.84 Å². The van der Waals surface area contributed by atoms with E-state index in [0.29, 0.717) is 6.54 Å². The topological polar surface area (TPSA) is 56.6 Å². The lowest BCUT2D eigenvalue weighted by molar-refractivity contribution is 0.345. The van der Waals surface area contributed by atoms with Gasteiger partial charge in [0, 0.05) is 18.2 Å². The maximum Gasteiger partial charge on any atom is 0.0862 e. The second-order valence-electron chi connectivity index (χ2n) is 5.32. The fourth-order valence-corrected chi connectivity index (χ4v) is 3.03. The molecule has 5 heteroatoms. The minimum Gasteiger partial charge on any atom is -0.306 e. The van der Waals surface area contributed by atoms with Crippen LogP contribution in [0, 0.1) is 0 Å². The molecule has 0 atom stereocenters. The minimum atomic E-state index is 0.678. The molecule has 0 saturated heterocycles. The average molecular weight is 279 g/mol. The van der Waals surface area contributed by atoms with E-state index in [0.717, 1.165) is 22.6 Å². The number of nitrogens with one attached hydrogen (secondary N) is 2. The van der Waals surface area contributed by atoms with Gasteiger partial charge < -0.3 is 10.4 Å². The van der Waals surface area contributed by atoms with Crippen molar-refractivity contribution < 1.29 is 0 Å². The van der Waals surface area contributed by atoms with Gasteiger partial charge in [-0.2, -0.15) is 0 Å². The zero-order valence-corrected chi connectivity index (χ0v) is 11.8. The normalized spacial score (nSPS) is 16.7. The first-order chi connectivity index (χ1) is 10.3. The molecule has 4 rings (SSSR count). The van der Waals surface area contributed by atoms with Crippen LogP contribution in [0.25, 0.3) is 11.4 Å². The van der Waals surface area contributed by atoms with Crippen LogP contribution in [0.1, 0.15) is 16.7 Å². The van der Waals surface area contributed by atoms with Crippen molar-refractivity contribution in [2.75, 3.05) is 12.1 Å². The second kappa shape index (κ2) is 4.51. The van der Waals surface area contributed by atoms with Crippen molar-refractivity contribution in [1.82, 2.24) is 16.0 Å². The summed E-state index contributed by atoms with van der Waals surface area (Å²) < 4.78 is 0. The molecule has 2 aliphatic rings. The Balaban J connectivity index is 2.05. The summed E-state index contributed by atoms with van der Waals surface area (Å²) in [6, 6.07) is 16.6. The lowest BCUT2D eigenvalue weighted by Gasteiger charge is -2.27. The highest BCUT2D eigenvalue weighted by Gasteiger charge is 2.28. The highest BCUT2D eigenvalue weighted by atomic mass is 15.7. The van der Waals surface area contributed by atoms with E-state index >= 15 is 0 Å². The highest BCUT2D eigenvalue weighted by molar-refractivity contribution is 5.95. The molecule has 2 aromatic rings. The molecule has 0 bridgehead atoms. The van der Waals surface area contributed by atoms with Crippen molar-refractivity contribution in [3.8, 4) is 0 Å². The molecule has 2 aromatic carbocycles. The van der Waals surface area contributed by atoms with Gasteiger partial charge in [-0.3, -0.25) is 5.01 Å². The van der Waals surface area contributed by atoms with Crippen LogP contribution in [-0.2, 0) is 6.54 Å². The first-order valence-corrected chi connectivity index (χ1v) is 6.95. The first-order valence-electron chi connectivity index (χ1n) is 6.95. The number of hydrogen-bond acceptors (Lipinski definition) is 5. The first kappa shape index (κ1) is 12.3. The monoisotopic (exact) mass is 279 g/mol. The number of rotatable bonds is 0. The molecule has 0 amide bonds.